The Morgan fingerprint density at radius 2 is 2.05 bits per heavy atom. The molecule has 1 unspecified atom stereocenters. The largest absolute Gasteiger partial charge is 0.480 e. The Kier molecular flexibility index (Phi) is 5.11. The fraction of sp³-hybridized carbons (Fsp3) is 0.583. The van der Waals surface area contributed by atoms with E-state index in [4.69, 9.17) is 0 Å². The molecule has 108 valence electrons. The van der Waals surface area contributed by atoms with Crippen LogP contribution in [0.15, 0.2) is 16.3 Å². The summed E-state index contributed by atoms with van der Waals surface area (Å²) in [7, 11) is -3.79. The molecule has 1 aromatic heterocycles. The van der Waals surface area contributed by atoms with Gasteiger partial charge in [-0.1, -0.05) is 20.3 Å². The van der Waals surface area contributed by atoms with Crippen molar-refractivity contribution >= 4 is 27.3 Å². The minimum absolute atomic E-state index is 0.160. The molecule has 0 saturated heterocycles. The van der Waals surface area contributed by atoms with Crippen molar-refractivity contribution in [2.45, 2.75) is 49.8 Å². The van der Waals surface area contributed by atoms with E-state index in [2.05, 4.69) is 4.72 Å². The maximum Gasteiger partial charge on any atom is 0.324 e. The van der Waals surface area contributed by atoms with Crippen LogP contribution >= 0.6 is 11.3 Å². The standard InChI is InChI=1S/C12H19NO4S2/c1-4-8-12(3,11(14)15)13-19(16,17)10-7-6-9(5-2)18-10/h6-7,13H,4-5,8H2,1-3H3,(H,14,15). The maximum absolute atomic E-state index is 12.2. The second-order valence-corrected chi connectivity index (χ2v) is 7.64. The van der Waals surface area contributed by atoms with Crippen molar-refractivity contribution in [3.05, 3.63) is 17.0 Å². The lowest BCUT2D eigenvalue weighted by atomic mass is 9.98. The zero-order valence-electron chi connectivity index (χ0n) is 11.3. The van der Waals surface area contributed by atoms with E-state index < -0.39 is 21.5 Å². The quantitative estimate of drug-likeness (QED) is 0.809. The summed E-state index contributed by atoms with van der Waals surface area (Å²) in [5, 5.41) is 9.20. The lowest BCUT2D eigenvalue weighted by Crippen LogP contribution is -2.51. The van der Waals surface area contributed by atoms with Gasteiger partial charge in [0, 0.05) is 4.88 Å². The third-order valence-corrected chi connectivity index (χ3v) is 6.15. The SMILES string of the molecule is CCCC(C)(NS(=O)(=O)c1ccc(CC)s1)C(=O)O. The first-order chi connectivity index (χ1) is 8.75. The Balaban J connectivity index is 3.04. The highest BCUT2D eigenvalue weighted by Crippen LogP contribution is 2.24. The highest BCUT2D eigenvalue weighted by Gasteiger charge is 2.37. The highest BCUT2D eigenvalue weighted by atomic mass is 32.2. The third kappa shape index (κ3) is 3.77. The predicted octanol–water partition coefficient (Wildman–Crippen LogP) is 2.23. The summed E-state index contributed by atoms with van der Waals surface area (Å²) >= 11 is 1.17. The van der Waals surface area contributed by atoms with Gasteiger partial charge in [-0.3, -0.25) is 4.79 Å². The number of aliphatic carboxylic acids is 1. The van der Waals surface area contributed by atoms with Gasteiger partial charge in [0.25, 0.3) is 10.0 Å². The van der Waals surface area contributed by atoms with E-state index in [-0.39, 0.29) is 10.6 Å². The molecule has 0 amide bonds. The Labute approximate surface area is 117 Å². The van der Waals surface area contributed by atoms with Gasteiger partial charge in [-0.25, -0.2) is 8.42 Å². The van der Waals surface area contributed by atoms with Crippen LogP contribution in [0.1, 0.15) is 38.5 Å². The Morgan fingerprint density at radius 3 is 2.47 bits per heavy atom. The number of carboxylic acids is 1. The molecule has 0 fully saturated rings. The summed E-state index contributed by atoms with van der Waals surface area (Å²) in [6.45, 7) is 5.15. The maximum atomic E-state index is 12.2. The van der Waals surface area contributed by atoms with Crippen LogP contribution in [-0.2, 0) is 21.2 Å². The van der Waals surface area contributed by atoms with Gasteiger partial charge in [0.1, 0.15) is 9.75 Å². The number of thiophene rings is 1. The number of hydrogen-bond acceptors (Lipinski definition) is 4. The first kappa shape index (κ1) is 16.1. The first-order valence-corrected chi connectivity index (χ1v) is 8.41. The second kappa shape index (κ2) is 6.02. The lowest BCUT2D eigenvalue weighted by Gasteiger charge is -2.24. The molecule has 1 atom stereocenters. The molecule has 7 heteroatoms. The molecule has 5 nitrogen and oxygen atoms in total. The Bertz CT molecular complexity index is 550. The van der Waals surface area contributed by atoms with Crippen LogP contribution in [0.2, 0.25) is 0 Å². The molecular weight excluding hydrogens is 286 g/mol. The molecule has 0 aliphatic carbocycles. The topological polar surface area (TPSA) is 83.5 Å². The van der Waals surface area contributed by atoms with Crippen molar-refractivity contribution < 1.29 is 18.3 Å². The molecule has 0 aliphatic rings. The van der Waals surface area contributed by atoms with E-state index in [9.17, 15) is 18.3 Å². The number of rotatable bonds is 7. The summed E-state index contributed by atoms with van der Waals surface area (Å²) in [5.41, 5.74) is -1.47. The van der Waals surface area contributed by atoms with Crippen LogP contribution in [0.3, 0.4) is 0 Å². The summed E-state index contributed by atoms with van der Waals surface area (Å²) < 4.78 is 26.9. The van der Waals surface area contributed by atoms with E-state index in [1.165, 1.54) is 24.3 Å². The Morgan fingerprint density at radius 1 is 1.42 bits per heavy atom. The van der Waals surface area contributed by atoms with Crippen LogP contribution in [0, 0.1) is 0 Å². The minimum atomic E-state index is -3.79. The zero-order valence-corrected chi connectivity index (χ0v) is 12.9. The summed E-state index contributed by atoms with van der Waals surface area (Å²) in [6.07, 6.45) is 1.58. The number of sulfonamides is 1. The monoisotopic (exact) mass is 305 g/mol. The van der Waals surface area contributed by atoms with Gasteiger partial charge in [-0.2, -0.15) is 4.72 Å². The van der Waals surface area contributed by atoms with Gasteiger partial charge in [0.15, 0.2) is 0 Å². The van der Waals surface area contributed by atoms with Crippen LogP contribution < -0.4 is 4.72 Å². The van der Waals surface area contributed by atoms with Gasteiger partial charge >= 0.3 is 5.97 Å². The number of nitrogens with one attached hydrogen (secondary N) is 1. The van der Waals surface area contributed by atoms with Crippen molar-refractivity contribution in [2.24, 2.45) is 0 Å². The highest BCUT2D eigenvalue weighted by molar-refractivity contribution is 7.91. The molecule has 0 aromatic carbocycles. The minimum Gasteiger partial charge on any atom is -0.480 e. The van der Waals surface area contributed by atoms with E-state index in [1.54, 1.807) is 6.07 Å². The smallest absolute Gasteiger partial charge is 0.324 e. The number of carboxylic acid groups (broad SMARTS) is 1. The molecular formula is C12H19NO4S2. The lowest BCUT2D eigenvalue weighted by molar-refractivity contribution is -0.143. The number of hydrogen-bond donors (Lipinski definition) is 2. The molecule has 1 heterocycles. The molecule has 0 radical (unpaired) electrons. The molecule has 1 aromatic rings. The molecule has 0 spiro atoms. The second-order valence-electron chi connectivity index (χ2n) is 4.57. The van der Waals surface area contributed by atoms with Crippen LogP contribution in [-0.4, -0.2) is 25.0 Å². The van der Waals surface area contributed by atoms with E-state index in [0.717, 1.165) is 11.3 Å². The van der Waals surface area contributed by atoms with Gasteiger partial charge in [-0.15, -0.1) is 11.3 Å². The summed E-state index contributed by atoms with van der Waals surface area (Å²) in [4.78, 5) is 12.2. The first-order valence-electron chi connectivity index (χ1n) is 6.11. The molecule has 0 bridgehead atoms. The molecule has 2 N–H and O–H groups in total. The average molecular weight is 305 g/mol. The zero-order chi connectivity index (χ0) is 14.7. The van der Waals surface area contributed by atoms with Crippen molar-refractivity contribution in [3.8, 4) is 0 Å². The number of aryl methyl sites for hydroxylation is 1. The normalized spacial score (nSPS) is 15.1. The third-order valence-electron chi connectivity index (χ3n) is 2.83. The molecule has 19 heavy (non-hydrogen) atoms. The van der Waals surface area contributed by atoms with Gasteiger partial charge in [-0.05, 0) is 31.9 Å². The van der Waals surface area contributed by atoms with Crippen molar-refractivity contribution in [1.29, 1.82) is 0 Å². The predicted molar refractivity (Wildman–Crippen MR) is 75.0 cm³/mol. The van der Waals surface area contributed by atoms with Gasteiger partial charge in [0.2, 0.25) is 0 Å². The number of carbonyl (C=O) groups is 1. The van der Waals surface area contributed by atoms with Crippen LogP contribution in [0.25, 0.3) is 0 Å². The fourth-order valence-corrected chi connectivity index (χ4v) is 4.43. The molecule has 1 rings (SSSR count). The van der Waals surface area contributed by atoms with Crippen LogP contribution in [0.4, 0.5) is 0 Å². The van der Waals surface area contributed by atoms with E-state index in [1.807, 2.05) is 13.8 Å². The average Bonchev–Trinajstić information content (AvgIpc) is 2.77. The van der Waals surface area contributed by atoms with Crippen molar-refractivity contribution in [2.75, 3.05) is 0 Å². The fourth-order valence-electron chi connectivity index (χ4n) is 1.74. The van der Waals surface area contributed by atoms with E-state index in [0.29, 0.717) is 6.42 Å². The molecule has 0 aliphatic heterocycles. The van der Waals surface area contributed by atoms with E-state index >= 15 is 0 Å². The van der Waals surface area contributed by atoms with Crippen molar-refractivity contribution in [1.82, 2.24) is 4.72 Å². The van der Waals surface area contributed by atoms with Gasteiger partial charge < -0.3 is 5.11 Å². The summed E-state index contributed by atoms with van der Waals surface area (Å²) in [5.74, 6) is -1.16. The molecule has 0 saturated carbocycles. The van der Waals surface area contributed by atoms with Gasteiger partial charge in [0.05, 0.1) is 0 Å². The van der Waals surface area contributed by atoms with Crippen LogP contribution in [0.5, 0.6) is 0 Å². The Hall–Kier alpha value is -0.920. The summed E-state index contributed by atoms with van der Waals surface area (Å²) in [6, 6.07) is 3.26. The van der Waals surface area contributed by atoms with Crippen molar-refractivity contribution in [3.63, 3.8) is 0 Å².